The van der Waals surface area contributed by atoms with E-state index in [0.717, 1.165) is 25.7 Å². The molecule has 1 heterocycles. The molecule has 0 radical (unpaired) electrons. The van der Waals surface area contributed by atoms with Crippen molar-refractivity contribution in [2.75, 3.05) is 39.8 Å². The van der Waals surface area contributed by atoms with E-state index in [1.165, 1.54) is 11.1 Å². The molecule has 0 saturated carbocycles. The quantitative estimate of drug-likeness (QED) is 0.307. The van der Waals surface area contributed by atoms with E-state index in [2.05, 4.69) is 40.2 Å². The second-order valence-electron chi connectivity index (χ2n) is 12.1. The molecule has 1 aliphatic rings. The van der Waals surface area contributed by atoms with Gasteiger partial charge in [-0.25, -0.2) is 0 Å². The molecule has 0 aliphatic carbocycles. The molecule has 8 heteroatoms. The van der Waals surface area contributed by atoms with Gasteiger partial charge in [0, 0.05) is 25.7 Å². The summed E-state index contributed by atoms with van der Waals surface area (Å²) in [7, 11) is 1.73. The monoisotopic (exact) mass is 563 g/mol. The minimum absolute atomic E-state index is 0.0387. The predicted octanol–water partition coefficient (Wildman–Crippen LogP) is 3.02. The van der Waals surface area contributed by atoms with Gasteiger partial charge in [-0.15, -0.1) is 0 Å². The first kappa shape index (κ1) is 32.3. The summed E-state index contributed by atoms with van der Waals surface area (Å²) in [5, 5.41) is 9.26. The summed E-state index contributed by atoms with van der Waals surface area (Å²) < 4.78 is 0. The van der Waals surface area contributed by atoms with Crippen LogP contribution in [0.4, 0.5) is 0 Å². The highest BCUT2D eigenvalue weighted by Gasteiger charge is 2.40. The summed E-state index contributed by atoms with van der Waals surface area (Å²) in [6.45, 7) is 10.4. The summed E-state index contributed by atoms with van der Waals surface area (Å²) in [5.74, 6) is -0.234. The molecule has 3 atom stereocenters. The zero-order valence-corrected chi connectivity index (χ0v) is 25.5. The number of nitrogens with one attached hydrogen (secondary N) is 3. The van der Waals surface area contributed by atoms with Crippen LogP contribution in [0, 0.1) is 5.41 Å². The van der Waals surface area contributed by atoms with Crippen molar-refractivity contribution in [3.63, 3.8) is 0 Å². The van der Waals surface area contributed by atoms with Gasteiger partial charge in [0.05, 0.1) is 12.6 Å². The zero-order valence-electron chi connectivity index (χ0n) is 25.5. The standard InChI is InChI=1S/C33H49N5O3/c1-25(34-5)31(40)36-30(33(2,3)4)32(41)38-21-12-17-28(38)24-37(22-19-27-15-10-7-11-16-27)29(39)23-35-20-18-26-13-8-6-9-14-26/h6-11,13-16,25,28,30,34-35H,12,17-24H2,1-5H3,(H,36,40)/t25-,28?,30?/m0/s1. The van der Waals surface area contributed by atoms with Gasteiger partial charge in [-0.05, 0) is 62.7 Å². The molecular weight excluding hydrogens is 514 g/mol. The van der Waals surface area contributed by atoms with Crippen molar-refractivity contribution < 1.29 is 14.4 Å². The molecule has 3 N–H and O–H groups in total. The van der Waals surface area contributed by atoms with Crippen molar-refractivity contribution in [2.24, 2.45) is 5.41 Å². The average Bonchev–Trinajstić information content (AvgIpc) is 3.44. The van der Waals surface area contributed by atoms with Gasteiger partial charge in [-0.2, -0.15) is 0 Å². The molecular formula is C33H49N5O3. The Labute approximate surface area is 246 Å². The van der Waals surface area contributed by atoms with E-state index in [-0.39, 0.29) is 30.3 Å². The molecule has 0 aromatic heterocycles. The maximum absolute atomic E-state index is 13.9. The topological polar surface area (TPSA) is 93.8 Å². The van der Waals surface area contributed by atoms with Gasteiger partial charge in [0.25, 0.3) is 0 Å². The van der Waals surface area contributed by atoms with Gasteiger partial charge in [0.15, 0.2) is 0 Å². The third-order valence-corrected chi connectivity index (χ3v) is 7.89. The Kier molecular flexibility index (Phi) is 12.4. The third kappa shape index (κ3) is 9.97. The average molecular weight is 564 g/mol. The lowest BCUT2D eigenvalue weighted by molar-refractivity contribution is -0.142. The van der Waals surface area contributed by atoms with Gasteiger partial charge in [0.2, 0.25) is 17.7 Å². The SMILES string of the molecule is CN[C@@H](C)C(=O)NC(C(=O)N1CCCC1CN(CCc1ccccc1)C(=O)CNCCc1ccccc1)C(C)(C)C. The molecule has 41 heavy (non-hydrogen) atoms. The number of carbonyl (C=O) groups is 3. The third-order valence-electron chi connectivity index (χ3n) is 7.89. The van der Waals surface area contributed by atoms with Crippen LogP contribution in [-0.4, -0.2) is 85.4 Å². The number of likely N-dealkylation sites (N-methyl/N-ethyl adjacent to an activating group) is 1. The van der Waals surface area contributed by atoms with Crippen molar-refractivity contribution in [1.82, 2.24) is 25.8 Å². The molecule has 0 spiro atoms. The fourth-order valence-corrected chi connectivity index (χ4v) is 5.19. The fraction of sp³-hybridized carbons (Fsp3) is 0.545. The normalized spacial score (nSPS) is 16.7. The second kappa shape index (κ2) is 15.7. The lowest BCUT2D eigenvalue weighted by Crippen LogP contribution is -2.59. The van der Waals surface area contributed by atoms with Gasteiger partial charge >= 0.3 is 0 Å². The van der Waals surface area contributed by atoms with E-state index in [4.69, 9.17) is 0 Å². The van der Waals surface area contributed by atoms with Crippen LogP contribution >= 0.6 is 0 Å². The van der Waals surface area contributed by atoms with Crippen LogP contribution in [0.3, 0.4) is 0 Å². The zero-order chi connectivity index (χ0) is 29.8. The number of benzene rings is 2. The predicted molar refractivity (Wildman–Crippen MR) is 164 cm³/mol. The number of hydrogen-bond donors (Lipinski definition) is 3. The van der Waals surface area contributed by atoms with Crippen LogP contribution in [0.2, 0.25) is 0 Å². The number of amides is 3. The van der Waals surface area contributed by atoms with Gasteiger partial charge in [-0.1, -0.05) is 81.4 Å². The van der Waals surface area contributed by atoms with Gasteiger partial charge in [0.1, 0.15) is 6.04 Å². The second-order valence-corrected chi connectivity index (χ2v) is 12.1. The molecule has 1 aliphatic heterocycles. The highest BCUT2D eigenvalue weighted by atomic mass is 16.2. The number of likely N-dealkylation sites (tertiary alicyclic amines) is 1. The number of carbonyl (C=O) groups excluding carboxylic acids is 3. The summed E-state index contributed by atoms with van der Waals surface area (Å²) in [4.78, 5) is 43.9. The Balaban J connectivity index is 1.68. The van der Waals surface area contributed by atoms with Crippen LogP contribution in [0.25, 0.3) is 0 Å². The molecule has 2 unspecified atom stereocenters. The molecule has 3 rings (SSSR count). The van der Waals surface area contributed by atoms with E-state index in [1.807, 2.05) is 67.0 Å². The largest absolute Gasteiger partial charge is 0.342 e. The van der Waals surface area contributed by atoms with E-state index >= 15 is 0 Å². The smallest absolute Gasteiger partial charge is 0.246 e. The Morgan fingerprint density at radius 1 is 0.976 bits per heavy atom. The molecule has 2 aromatic carbocycles. The van der Waals surface area contributed by atoms with Crippen LogP contribution in [0.1, 0.15) is 51.7 Å². The van der Waals surface area contributed by atoms with E-state index < -0.39 is 17.5 Å². The summed E-state index contributed by atoms with van der Waals surface area (Å²) in [5.41, 5.74) is 1.95. The fourth-order valence-electron chi connectivity index (χ4n) is 5.19. The molecule has 3 amide bonds. The van der Waals surface area contributed by atoms with Crippen LogP contribution in [0.15, 0.2) is 60.7 Å². The maximum atomic E-state index is 13.9. The van der Waals surface area contributed by atoms with Crippen molar-refractivity contribution in [1.29, 1.82) is 0 Å². The number of hydrogen-bond acceptors (Lipinski definition) is 5. The van der Waals surface area contributed by atoms with Gasteiger partial charge in [-0.3, -0.25) is 14.4 Å². The van der Waals surface area contributed by atoms with Crippen molar-refractivity contribution in [2.45, 2.75) is 71.5 Å². The van der Waals surface area contributed by atoms with E-state index in [0.29, 0.717) is 26.2 Å². The molecule has 1 fully saturated rings. The Bertz CT molecular complexity index is 1100. The lowest BCUT2D eigenvalue weighted by Gasteiger charge is -2.37. The molecule has 1 saturated heterocycles. The summed E-state index contributed by atoms with van der Waals surface area (Å²) in [6.07, 6.45) is 3.32. The van der Waals surface area contributed by atoms with Crippen molar-refractivity contribution in [3.8, 4) is 0 Å². The molecule has 2 aromatic rings. The highest BCUT2D eigenvalue weighted by Crippen LogP contribution is 2.26. The minimum atomic E-state index is -0.653. The summed E-state index contributed by atoms with van der Waals surface area (Å²) >= 11 is 0. The van der Waals surface area contributed by atoms with E-state index in [1.54, 1.807) is 14.0 Å². The van der Waals surface area contributed by atoms with Crippen molar-refractivity contribution >= 4 is 17.7 Å². The number of rotatable bonds is 14. The summed E-state index contributed by atoms with van der Waals surface area (Å²) in [6, 6.07) is 19.3. The highest BCUT2D eigenvalue weighted by molar-refractivity contribution is 5.90. The first-order chi connectivity index (χ1) is 19.6. The minimum Gasteiger partial charge on any atom is -0.342 e. The van der Waals surface area contributed by atoms with Crippen molar-refractivity contribution in [3.05, 3.63) is 71.8 Å². The van der Waals surface area contributed by atoms with Crippen LogP contribution in [0.5, 0.6) is 0 Å². The van der Waals surface area contributed by atoms with Crippen LogP contribution < -0.4 is 16.0 Å². The Hall–Kier alpha value is -3.23. The lowest BCUT2D eigenvalue weighted by atomic mass is 9.85. The maximum Gasteiger partial charge on any atom is 0.246 e. The Morgan fingerprint density at radius 3 is 2.17 bits per heavy atom. The van der Waals surface area contributed by atoms with E-state index in [9.17, 15) is 14.4 Å². The van der Waals surface area contributed by atoms with Gasteiger partial charge < -0.3 is 25.8 Å². The first-order valence-corrected chi connectivity index (χ1v) is 14.9. The Morgan fingerprint density at radius 2 is 1.59 bits per heavy atom. The number of nitrogens with zero attached hydrogens (tertiary/aromatic N) is 2. The molecule has 8 nitrogen and oxygen atoms in total. The molecule has 0 bridgehead atoms. The van der Waals surface area contributed by atoms with Crippen LogP contribution in [-0.2, 0) is 27.2 Å². The molecule has 224 valence electrons. The first-order valence-electron chi connectivity index (χ1n) is 14.9.